The fraction of sp³-hybridized carbons (Fsp3) is 0.238. The first-order chi connectivity index (χ1) is 16.6. The molecule has 2 aliphatic heterocycles. The fourth-order valence-corrected chi connectivity index (χ4v) is 4.15. The number of halogens is 4. The summed E-state index contributed by atoms with van der Waals surface area (Å²) in [6, 6.07) is 5.03. The lowest BCUT2D eigenvalue weighted by molar-refractivity contribution is -0.150. The van der Waals surface area contributed by atoms with Crippen molar-refractivity contribution in [2.45, 2.75) is 25.3 Å². The third-order valence-corrected chi connectivity index (χ3v) is 5.54. The minimum absolute atomic E-state index is 0.156. The van der Waals surface area contributed by atoms with E-state index in [9.17, 15) is 36.7 Å². The molecule has 0 aliphatic carbocycles. The summed E-state index contributed by atoms with van der Waals surface area (Å²) in [6.45, 7) is -6.18. The van der Waals surface area contributed by atoms with Crippen LogP contribution in [0.3, 0.4) is 0 Å². The van der Waals surface area contributed by atoms with Crippen molar-refractivity contribution in [1.82, 2.24) is 21.3 Å². The first-order valence-corrected chi connectivity index (χ1v) is 9.94. The van der Waals surface area contributed by atoms with Gasteiger partial charge in [-0.3, -0.25) is 20.2 Å². The Morgan fingerprint density at radius 2 is 1.00 bits per heavy atom. The van der Waals surface area contributed by atoms with Gasteiger partial charge in [0.1, 0.15) is 11.5 Å². The minimum atomic E-state index is -3.09. The Kier molecular flexibility index (Phi) is 6.20. The maximum absolute atomic E-state index is 13.3. The molecule has 0 radical (unpaired) electrons. The number of benzene rings is 2. The standard InChI is InChI=1S/C21H16F4N4O6/c22-17(23)34-11-5-1-9(2-6-11)13-21(15(30)28-20(33)29-16(21)31)14(27-19(32)26-13)10-3-7-12(8-4-10)35-18(24)25/h1-8,13-14,17-18H,(H2,26,27,32)(H2,28,29,30,31,33)/t13-,14+. The summed E-state index contributed by atoms with van der Waals surface area (Å²) in [4.78, 5) is 50.9. The zero-order chi connectivity index (χ0) is 25.3. The highest BCUT2D eigenvalue weighted by Crippen LogP contribution is 2.48. The molecular formula is C21H16F4N4O6. The Hall–Kier alpha value is -4.36. The molecule has 2 fully saturated rings. The van der Waals surface area contributed by atoms with Crippen LogP contribution in [0.4, 0.5) is 27.2 Å². The van der Waals surface area contributed by atoms with Crippen LogP contribution in [0.25, 0.3) is 0 Å². The van der Waals surface area contributed by atoms with Crippen molar-refractivity contribution in [2.75, 3.05) is 0 Å². The normalized spacial score (nSPS) is 21.3. The number of carbonyl (C=O) groups is 4. The molecule has 0 saturated carbocycles. The molecule has 2 aromatic carbocycles. The minimum Gasteiger partial charge on any atom is -0.435 e. The first-order valence-electron chi connectivity index (χ1n) is 9.94. The van der Waals surface area contributed by atoms with Crippen LogP contribution in [0.2, 0.25) is 0 Å². The number of hydrogen-bond donors (Lipinski definition) is 4. The van der Waals surface area contributed by atoms with E-state index in [0.29, 0.717) is 0 Å². The number of hydrogen-bond acceptors (Lipinski definition) is 6. The average Bonchev–Trinajstić information content (AvgIpc) is 2.78. The molecule has 2 aromatic rings. The van der Waals surface area contributed by atoms with E-state index < -0.39 is 54.6 Å². The van der Waals surface area contributed by atoms with Gasteiger partial charge in [0.05, 0.1) is 12.1 Å². The number of urea groups is 2. The predicted octanol–water partition coefficient (Wildman–Crippen LogP) is 2.34. The van der Waals surface area contributed by atoms with Gasteiger partial charge < -0.3 is 20.1 Å². The zero-order valence-electron chi connectivity index (χ0n) is 17.4. The summed E-state index contributed by atoms with van der Waals surface area (Å²) in [7, 11) is 0. The molecule has 2 heterocycles. The van der Waals surface area contributed by atoms with E-state index in [4.69, 9.17) is 0 Å². The van der Waals surface area contributed by atoms with E-state index in [1.165, 1.54) is 24.3 Å². The monoisotopic (exact) mass is 496 g/mol. The second-order valence-corrected chi connectivity index (χ2v) is 7.49. The Balaban J connectivity index is 1.81. The zero-order valence-corrected chi connectivity index (χ0v) is 17.4. The van der Waals surface area contributed by atoms with Crippen molar-refractivity contribution in [2.24, 2.45) is 5.41 Å². The largest absolute Gasteiger partial charge is 0.435 e. The van der Waals surface area contributed by atoms with Crippen molar-refractivity contribution in [3.05, 3.63) is 59.7 Å². The SMILES string of the molecule is O=C1NC(=O)C2(C(=O)N1)[C@@H](c1ccc(OC(F)F)cc1)NC(=O)N[C@H]2c1ccc(OC(F)F)cc1. The van der Waals surface area contributed by atoms with Crippen molar-refractivity contribution in [1.29, 1.82) is 0 Å². The summed E-state index contributed by atoms with van der Waals surface area (Å²) in [5.74, 6) is -2.54. The Bertz CT molecular complexity index is 1070. The molecule has 2 saturated heterocycles. The third-order valence-electron chi connectivity index (χ3n) is 5.54. The van der Waals surface area contributed by atoms with Crippen molar-refractivity contribution >= 4 is 23.9 Å². The Labute approximate surface area is 193 Å². The number of barbiturate groups is 1. The van der Waals surface area contributed by atoms with E-state index in [-0.39, 0.29) is 22.6 Å². The summed E-state index contributed by atoms with van der Waals surface area (Å²) >= 11 is 0. The summed E-state index contributed by atoms with van der Waals surface area (Å²) < 4.78 is 58.6. The van der Waals surface area contributed by atoms with Crippen LogP contribution in [-0.2, 0) is 9.59 Å². The number of alkyl halides is 4. The number of imide groups is 2. The molecule has 4 N–H and O–H groups in total. The second kappa shape index (κ2) is 9.12. The van der Waals surface area contributed by atoms with Crippen LogP contribution in [0.5, 0.6) is 11.5 Å². The van der Waals surface area contributed by atoms with Gasteiger partial charge in [0.25, 0.3) is 0 Å². The van der Waals surface area contributed by atoms with E-state index in [1.807, 2.05) is 10.6 Å². The molecular weight excluding hydrogens is 480 g/mol. The summed E-state index contributed by atoms with van der Waals surface area (Å²) in [5.41, 5.74) is -1.88. The van der Waals surface area contributed by atoms with Gasteiger partial charge in [-0.25, -0.2) is 9.59 Å². The lowest BCUT2D eigenvalue weighted by Gasteiger charge is -2.48. The summed E-state index contributed by atoms with van der Waals surface area (Å²) in [6.07, 6.45) is 0. The van der Waals surface area contributed by atoms with Crippen LogP contribution in [0.1, 0.15) is 23.2 Å². The molecule has 4 rings (SSSR count). The quantitative estimate of drug-likeness (QED) is 0.358. The van der Waals surface area contributed by atoms with Crippen LogP contribution in [-0.4, -0.2) is 37.1 Å². The van der Waals surface area contributed by atoms with Crippen LogP contribution in [0.15, 0.2) is 48.5 Å². The third kappa shape index (κ3) is 4.41. The van der Waals surface area contributed by atoms with Gasteiger partial charge in [-0.15, -0.1) is 0 Å². The first kappa shape index (κ1) is 23.8. The number of amides is 6. The highest BCUT2D eigenvalue weighted by atomic mass is 19.3. The number of rotatable bonds is 6. The lowest BCUT2D eigenvalue weighted by Crippen LogP contribution is -2.73. The Morgan fingerprint density at radius 3 is 1.34 bits per heavy atom. The number of nitrogens with one attached hydrogen (secondary N) is 4. The van der Waals surface area contributed by atoms with Crippen LogP contribution < -0.4 is 30.7 Å². The van der Waals surface area contributed by atoms with Gasteiger partial charge in [-0.2, -0.15) is 17.6 Å². The molecule has 14 heteroatoms. The van der Waals surface area contributed by atoms with Crippen molar-refractivity contribution in [3.63, 3.8) is 0 Å². The van der Waals surface area contributed by atoms with E-state index >= 15 is 0 Å². The van der Waals surface area contributed by atoms with Gasteiger partial charge in [0, 0.05) is 0 Å². The lowest BCUT2D eigenvalue weighted by atomic mass is 9.65. The highest BCUT2D eigenvalue weighted by molar-refractivity contribution is 6.21. The molecule has 184 valence electrons. The van der Waals surface area contributed by atoms with Crippen LogP contribution in [0, 0.1) is 5.41 Å². The predicted molar refractivity (Wildman–Crippen MR) is 107 cm³/mol. The van der Waals surface area contributed by atoms with E-state index in [1.54, 1.807) is 0 Å². The summed E-state index contributed by atoms with van der Waals surface area (Å²) in [5, 5.41) is 8.96. The molecule has 0 bridgehead atoms. The average molecular weight is 496 g/mol. The van der Waals surface area contributed by atoms with Gasteiger partial charge in [0.15, 0.2) is 5.41 Å². The topological polar surface area (TPSA) is 135 Å². The molecule has 1 spiro atoms. The number of carbonyl (C=O) groups excluding carboxylic acids is 4. The molecule has 6 amide bonds. The molecule has 2 aliphatic rings. The molecule has 10 nitrogen and oxygen atoms in total. The van der Waals surface area contributed by atoms with Gasteiger partial charge in [0.2, 0.25) is 11.8 Å². The van der Waals surface area contributed by atoms with Gasteiger partial charge in [-0.05, 0) is 35.4 Å². The number of ether oxygens (including phenoxy) is 2. The van der Waals surface area contributed by atoms with E-state index in [0.717, 1.165) is 24.3 Å². The second-order valence-electron chi connectivity index (χ2n) is 7.49. The highest BCUT2D eigenvalue weighted by Gasteiger charge is 2.64. The fourth-order valence-electron chi connectivity index (χ4n) is 4.15. The molecule has 2 atom stereocenters. The van der Waals surface area contributed by atoms with Gasteiger partial charge in [-0.1, -0.05) is 24.3 Å². The maximum Gasteiger partial charge on any atom is 0.387 e. The smallest absolute Gasteiger partial charge is 0.387 e. The molecule has 35 heavy (non-hydrogen) atoms. The van der Waals surface area contributed by atoms with Crippen molar-refractivity contribution in [3.8, 4) is 11.5 Å². The van der Waals surface area contributed by atoms with Gasteiger partial charge >= 0.3 is 25.3 Å². The van der Waals surface area contributed by atoms with E-state index in [2.05, 4.69) is 20.1 Å². The van der Waals surface area contributed by atoms with Crippen LogP contribution >= 0.6 is 0 Å². The Morgan fingerprint density at radius 1 is 0.629 bits per heavy atom. The molecule has 0 aromatic heterocycles. The molecule has 0 unspecified atom stereocenters. The van der Waals surface area contributed by atoms with Crippen molar-refractivity contribution < 1.29 is 46.2 Å². The maximum atomic E-state index is 13.3.